The Morgan fingerprint density at radius 2 is 1.70 bits per heavy atom. The van der Waals surface area contributed by atoms with Crippen LogP contribution in [0.4, 0.5) is 0 Å². The van der Waals surface area contributed by atoms with Crippen molar-refractivity contribution in [3.8, 4) is 11.5 Å². The zero-order valence-corrected chi connectivity index (χ0v) is 13.4. The van der Waals surface area contributed by atoms with Crippen LogP contribution in [-0.2, 0) is 4.79 Å². The lowest BCUT2D eigenvalue weighted by molar-refractivity contribution is -0.128. The molecule has 5 heteroatoms. The third kappa shape index (κ3) is 4.10. The van der Waals surface area contributed by atoms with Crippen molar-refractivity contribution in [1.82, 2.24) is 5.43 Å². The first kappa shape index (κ1) is 16.5. The van der Waals surface area contributed by atoms with E-state index in [0.29, 0.717) is 11.3 Å². The molecule has 0 aliphatic heterocycles. The minimum Gasteiger partial charge on any atom is -0.508 e. The second kappa shape index (κ2) is 6.52. The molecule has 0 bridgehead atoms. The second-order valence-electron chi connectivity index (χ2n) is 6.22. The molecule has 0 aliphatic carbocycles. The first-order valence-corrected chi connectivity index (χ1v) is 7.25. The first-order valence-electron chi connectivity index (χ1n) is 7.25. The maximum atomic E-state index is 12.1. The number of aromatic hydroxyl groups is 2. The lowest BCUT2D eigenvalue weighted by Gasteiger charge is -2.16. The van der Waals surface area contributed by atoms with Crippen molar-refractivity contribution < 1.29 is 15.0 Å². The van der Waals surface area contributed by atoms with Gasteiger partial charge in [-0.25, -0.2) is 5.43 Å². The van der Waals surface area contributed by atoms with Crippen LogP contribution in [0.5, 0.6) is 11.5 Å². The minimum absolute atomic E-state index is 0.0441. The Labute approximate surface area is 135 Å². The molecular formula is C18H20N2O3. The van der Waals surface area contributed by atoms with Crippen molar-refractivity contribution in [2.45, 2.75) is 20.8 Å². The van der Waals surface area contributed by atoms with Gasteiger partial charge in [-0.15, -0.1) is 0 Å². The summed E-state index contributed by atoms with van der Waals surface area (Å²) in [5.74, 6) is -0.390. The van der Waals surface area contributed by atoms with Gasteiger partial charge in [0.25, 0.3) is 0 Å². The lowest BCUT2D eigenvalue weighted by atomic mass is 9.96. The largest absolute Gasteiger partial charge is 0.508 e. The van der Waals surface area contributed by atoms with Crippen LogP contribution in [-0.4, -0.2) is 21.8 Å². The Hall–Kier alpha value is -2.82. The number of phenolic OH excluding ortho intramolecular Hbond substituents is 2. The molecule has 0 aliphatic rings. The highest BCUT2D eigenvalue weighted by atomic mass is 16.3. The monoisotopic (exact) mass is 312 g/mol. The van der Waals surface area contributed by atoms with Gasteiger partial charge in [0, 0.05) is 22.6 Å². The third-order valence-corrected chi connectivity index (χ3v) is 3.23. The van der Waals surface area contributed by atoms with Crippen LogP contribution in [0.1, 0.15) is 31.9 Å². The van der Waals surface area contributed by atoms with E-state index in [0.717, 1.165) is 5.56 Å². The number of hydrogen-bond acceptors (Lipinski definition) is 4. The molecule has 120 valence electrons. The maximum Gasteiger partial charge on any atom is 0.245 e. The zero-order chi connectivity index (χ0) is 17.0. The number of phenols is 2. The van der Waals surface area contributed by atoms with E-state index >= 15 is 0 Å². The number of carbonyl (C=O) groups is 1. The van der Waals surface area contributed by atoms with Crippen molar-refractivity contribution in [3.63, 3.8) is 0 Å². The minimum atomic E-state index is -0.581. The van der Waals surface area contributed by atoms with Gasteiger partial charge in [0.2, 0.25) is 5.91 Å². The fraction of sp³-hybridized carbons (Fsp3) is 0.222. The quantitative estimate of drug-likeness (QED) is 0.602. The summed E-state index contributed by atoms with van der Waals surface area (Å²) in [6, 6.07) is 13.5. The van der Waals surface area contributed by atoms with E-state index in [1.165, 1.54) is 12.1 Å². The zero-order valence-electron chi connectivity index (χ0n) is 13.4. The third-order valence-electron chi connectivity index (χ3n) is 3.23. The predicted molar refractivity (Wildman–Crippen MR) is 89.5 cm³/mol. The summed E-state index contributed by atoms with van der Waals surface area (Å²) >= 11 is 0. The Morgan fingerprint density at radius 3 is 2.26 bits per heavy atom. The molecule has 23 heavy (non-hydrogen) atoms. The van der Waals surface area contributed by atoms with Crippen molar-refractivity contribution in [1.29, 1.82) is 0 Å². The van der Waals surface area contributed by atoms with Crippen LogP contribution in [0.2, 0.25) is 0 Å². The molecule has 2 aromatic carbocycles. The molecule has 3 N–H and O–H groups in total. The molecule has 0 unspecified atom stereocenters. The van der Waals surface area contributed by atoms with E-state index in [-0.39, 0.29) is 17.4 Å². The smallest absolute Gasteiger partial charge is 0.245 e. The molecule has 0 saturated heterocycles. The average molecular weight is 312 g/mol. The van der Waals surface area contributed by atoms with E-state index in [1.807, 2.05) is 30.3 Å². The van der Waals surface area contributed by atoms with E-state index in [9.17, 15) is 15.0 Å². The summed E-state index contributed by atoms with van der Waals surface area (Å²) in [5, 5.41) is 23.7. The SMILES string of the molecule is CC(C)(C)C(=O)NN=C(c1ccccc1)c1ccc(O)cc1O. The molecule has 5 nitrogen and oxygen atoms in total. The Kier molecular flexibility index (Phi) is 4.69. The van der Waals surface area contributed by atoms with Crippen LogP contribution >= 0.6 is 0 Å². The number of hydrogen-bond donors (Lipinski definition) is 3. The second-order valence-corrected chi connectivity index (χ2v) is 6.22. The normalized spacial score (nSPS) is 12.0. The molecule has 0 atom stereocenters. The van der Waals surface area contributed by atoms with Crippen molar-refractivity contribution in [3.05, 3.63) is 59.7 Å². The number of hydrazone groups is 1. The molecule has 2 aromatic rings. The van der Waals surface area contributed by atoms with Gasteiger partial charge >= 0.3 is 0 Å². The lowest BCUT2D eigenvalue weighted by Crippen LogP contribution is -2.32. The highest BCUT2D eigenvalue weighted by Crippen LogP contribution is 2.25. The molecule has 0 radical (unpaired) electrons. The maximum absolute atomic E-state index is 12.1. The Bertz CT molecular complexity index is 732. The standard InChI is InChI=1S/C18H20N2O3/c1-18(2,3)17(23)20-19-16(12-7-5-4-6-8-12)14-10-9-13(21)11-15(14)22/h4-11,21-22H,1-3H3,(H,20,23). The van der Waals surface area contributed by atoms with Crippen LogP contribution < -0.4 is 5.43 Å². The van der Waals surface area contributed by atoms with Gasteiger partial charge in [-0.3, -0.25) is 4.79 Å². The van der Waals surface area contributed by atoms with E-state index < -0.39 is 5.41 Å². The summed E-state index contributed by atoms with van der Waals surface area (Å²) < 4.78 is 0. The fourth-order valence-electron chi connectivity index (χ4n) is 1.87. The topological polar surface area (TPSA) is 81.9 Å². The molecule has 0 aromatic heterocycles. The molecule has 0 spiro atoms. The van der Waals surface area contributed by atoms with Crippen LogP contribution in [0, 0.1) is 5.41 Å². The molecule has 1 amide bonds. The highest BCUT2D eigenvalue weighted by Gasteiger charge is 2.21. The van der Waals surface area contributed by atoms with Gasteiger partial charge in [-0.2, -0.15) is 5.10 Å². The van der Waals surface area contributed by atoms with E-state index in [2.05, 4.69) is 10.5 Å². The number of amides is 1. The number of nitrogens with zero attached hydrogens (tertiary/aromatic N) is 1. The summed E-state index contributed by atoms with van der Waals surface area (Å²) in [4.78, 5) is 12.1. The molecule has 2 rings (SSSR count). The van der Waals surface area contributed by atoms with Crippen LogP contribution in [0.25, 0.3) is 0 Å². The number of nitrogens with one attached hydrogen (secondary N) is 1. The Morgan fingerprint density at radius 1 is 1.04 bits per heavy atom. The van der Waals surface area contributed by atoms with Gasteiger partial charge in [0.15, 0.2) is 0 Å². The van der Waals surface area contributed by atoms with E-state index in [1.54, 1.807) is 26.8 Å². The Balaban J connectivity index is 2.47. The van der Waals surface area contributed by atoms with Gasteiger partial charge in [-0.05, 0) is 12.1 Å². The molecule has 0 saturated carbocycles. The van der Waals surface area contributed by atoms with Gasteiger partial charge in [-0.1, -0.05) is 51.1 Å². The highest BCUT2D eigenvalue weighted by molar-refractivity contribution is 6.14. The van der Waals surface area contributed by atoms with Gasteiger partial charge in [0.05, 0.1) is 0 Å². The molecular weight excluding hydrogens is 292 g/mol. The number of benzene rings is 2. The summed E-state index contributed by atoms with van der Waals surface area (Å²) in [7, 11) is 0. The van der Waals surface area contributed by atoms with Crippen molar-refractivity contribution in [2.24, 2.45) is 10.5 Å². The average Bonchev–Trinajstić information content (AvgIpc) is 2.49. The first-order chi connectivity index (χ1) is 10.8. The summed E-state index contributed by atoms with van der Waals surface area (Å²) in [6.07, 6.45) is 0. The summed E-state index contributed by atoms with van der Waals surface area (Å²) in [5.41, 5.74) is 3.53. The predicted octanol–water partition coefficient (Wildman–Crippen LogP) is 3.01. The summed E-state index contributed by atoms with van der Waals surface area (Å²) in [6.45, 7) is 5.37. The van der Waals surface area contributed by atoms with E-state index in [4.69, 9.17) is 0 Å². The fourth-order valence-corrected chi connectivity index (χ4v) is 1.87. The molecule has 0 heterocycles. The van der Waals surface area contributed by atoms with Crippen LogP contribution in [0.15, 0.2) is 53.6 Å². The molecule has 0 fully saturated rings. The van der Waals surface area contributed by atoms with Crippen LogP contribution in [0.3, 0.4) is 0 Å². The van der Waals surface area contributed by atoms with Crippen molar-refractivity contribution in [2.75, 3.05) is 0 Å². The number of carbonyl (C=O) groups excluding carboxylic acids is 1. The van der Waals surface area contributed by atoms with Gasteiger partial charge in [0.1, 0.15) is 17.2 Å². The number of rotatable bonds is 3. The van der Waals surface area contributed by atoms with Crippen molar-refractivity contribution >= 4 is 11.6 Å². The van der Waals surface area contributed by atoms with Gasteiger partial charge < -0.3 is 10.2 Å².